The summed E-state index contributed by atoms with van der Waals surface area (Å²) < 4.78 is 12.0. The predicted molar refractivity (Wildman–Crippen MR) is 87.6 cm³/mol. The van der Waals surface area contributed by atoms with Gasteiger partial charge in [0.2, 0.25) is 0 Å². The number of rotatable bonds is 5. The summed E-state index contributed by atoms with van der Waals surface area (Å²) in [6, 6.07) is 5.78. The van der Waals surface area contributed by atoms with Crippen molar-refractivity contribution < 1.29 is 14.3 Å². The van der Waals surface area contributed by atoms with Crippen LogP contribution in [0.15, 0.2) is 22.7 Å². The molecule has 112 valence electrons. The standard InChI is InChI=1S/C15H20Br2O3/c1-10-5-6-11(17)13(9-10)19-12(7-8-16)14(18)20-15(2,3)4/h5-6,9,12H,7-8H2,1-4H3. The number of alkyl halides is 1. The minimum atomic E-state index is -0.619. The van der Waals surface area contributed by atoms with Crippen molar-refractivity contribution in [3.63, 3.8) is 0 Å². The number of halogens is 2. The Morgan fingerprint density at radius 3 is 2.55 bits per heavy atom. The van der Waals surface area contributed by atoms with Gasteiger partial charge in [-0.1, -0.05) is 22.0 Å². The Bertz CT molecular complexity index is 467. The monoisotopic (exact) mass is 406 g/mol. The van der Waals surface area contributed by atoms with Gasteiger partial charge in [0, 0.05) is 11.8 Å². The van der Waals surface area contributed by atoms with E-state index < -0.39 is 11.7 Å². The zero-order valence-corrected chi connectivity index (χ0v) is 15.4. The SMILES string of the molecule is Cc1ccc(Br)c(OC(CCBr)C(=O)OC(C)(C)C)c1. The molecule has 0 amide bonds. The highest BCUT2D eigenvalue weighted by molar-refractivity contribution is 9.10. The van der Waals surface area contributed by atoms with Gasteiger partial charge in [-0.25, -0.2) is 4.79 Å². The van der Waals surface area contributed by atoms with E-state index >= 15 is 0 Å². The van der Waals surface area contributed by atoms with E-state index in [1.54, 1.807) is 0 Å². The lowest BCUT2D eigenvalue weighted by Crippen LogP contribution is -2.35. The van der Waals surface area contributed by atoms with Gasteiger partial charge in [0.15, 0.2) is 6.10 Å². The first kappa shape index (κ1) is 17.5. The average molecular weight is 408 g/mol. The zero-order chi connectivity index (χ0) is 15.3. The van der Waals surface area contributed by atoms with Gasteiger partial charge >= 0.3 is 5.97 Å². The number of hydrogen-bond acceptors (Lipinski definition) is 3. The van der Waals surface area contributed by atoms with Crippen LogP contribution in [0.3, 0.4) is 0 Å². The largest absolute Gasteiger partial charge is 0.478 e. The van der Waals surface area contributed by atoms with Gasteiger partial charge < -0.3 is 9.47 Å². The van der Waals surface area contributed by atoms with Crippen molar-refractivity contribution in [1.29, 1.82) is 0 Å². The van der Waals surface area contributed by atoms with Crippen molar-refractivity contribution in [3.8, 4) is 5.75 Å². The second kappa shape index (κ2) is 7.46. The van der Waals surface area contributed by atoms with Crippen LogP contribution in [0.1, 0.15) is 32.8 Å². The highest BCUT2D eigenvalue weighted by atomic mass is 79.9. The lowest BCUT2D eigenvalue weighted by molar-refractivity contribution is -0.163. The van der Waals surface area contributed by atoms with Crippen molar-refractivity contribution in [2.24, 2.45) is 0 Å². The summed E-state index contributed by atoms with van der Waals surface area (Å²) in [5.74, 6) is 0.312. The maximum absolute atomic E-state index is 12.2. The van der Waals surface area contributed by atoms with Gasteiger partial charge in [0.25, 0.3) is 0 Å². The summed E-state index contributed by atoms with van der Waals surface area (Å²) in [5.41, 5.74) is 0.555. The summed E-state index contributed by atoms with van der Waals surface area (Å²) in [4.78, 5) is 12.2. The highest BCUT2D eigenvalue weighted by Crippen LogP contribution is 2.28. The summed E-state index contributed by atoms with van der Waals surface area (Å²) in [7, 11) is 0. The molecule has 0 aliphatic rings. The first-order chi connectivity index (χ1) is 9.23. The lowest BCUT2D eigenvalue weighted by atomic mass is 10.2. The van der Waals surface area contributed by atoms with Crippen LogP contribution >= 0.6 is 31.9 Å². The predicted octanol–water partition coefficient (Wildman–Crippen LogP) is 4.63. The molecule has 1 rings (SSSR count). The Labute approximate surface area is 137 Å². The van der Waals surface area contributed by atoms with E-state index in [2.05, 4.69) is 31.9 Å². The fourth-order valence-electron chi connectivity index (χ4n) is 1.55. The van der Waals surface area contributed by atoms with Crippen LogP contribution in [0.25, 0.3) is 0 Å². The van der Waals surface area contributed by atoms with Crippen molar-refractivity contribution in [3.05, 3.63) is 28.2 Å². The molecule has 0 heterocycles. The first-order valence-electron chi connectivity index (χ1n) is 6.44. The second-order valence-electron chi connectivity index (χ2n) is 5.55. The van der Waals surface area contributed by atoms with Crippen LogP contribution in [0.2, 0.25) is 0 Å². The summed E-state index contributed by atoms with van der Waals surface area (Å²) in [6.45, 7) is 7.52. The summed E-state index contributed by atoms with van der Waals surface area (Å²) >= 11 is 6.78. The number of carbonyl (C=O) groups is 1. The molecule has 0 N–H and O–H groups in total. The van der Waals surface area contributed by atoms with Gasteiger partial charge in [-0.2, -0.15) is 0 Å². The fraction of sp³-hybridized carbons (Fsp3) is 0.533. The zero-order valence-electron chi connectivity index (χ0n) is 12.2. The van der Waals surface area contributed by atoms with Crippen LogP contribution in [0.4, 0.5) is 0 Å². The minimum absolute atomic E-state index is 0.342. The molecule has 0 aliphatic carbocycles. The molecule has 0 fully saturated rings. The molecule has 0 saturated heterocycles. The normalized spacial score (nSPS) is 12.9. The molecule has 0 radical (unpaired) electrons. The number of esters is 1. The molecular formula is C15H20Br2O3. The maximum Gasteiger partial charge on any atom is 0.347 e. The minimum Gasteiger partial charge on any atom is -0.478 e. The highest BCUT2D eigenvalue weighted by Gasteiger charge is 2.26. The Morgan fingerprint density at radius 2 is 2.00 bits per heavy atom. The van der Waals surface area contributed by atoms with Crippen molar-refractivity contribution in [2.45, 2.75) is 45.8 Å². The number of aryl methyl sites for hydroxylation is 1. The average Bonchev–Trinajstić information content (AvgIpc) is 2.31. The molecule has 1 unspecified atom stereocenters. The maximum atomic E-state index is 12.2. The van der Waals surface area contributed by atoms with E-state index in [1.807, 2.05) is 45.9 Å². The van der Waals surface area contributed by atoms with Crippen LogP contribution < -0.4 is 4.74 Å². The van der Waals surface area contributed by atoms with Crippen molar-refractivity contribution >= 4 is 37.8 Å². The molecule has 0 aromatic heterocycles. The number of carbonyl (C=O) groups excluding carboxylic acids is 1. The molecule has 20 heavy (non-hydrogen) atoms. The van der Waals surface area contributed by atoms with Crippen LogP contribution in [-0.2, 0) is 9.53 Å². The van der Waals surface area contributed by atoms with Gasteiger partial charge in [0.1, 0.15) is 11.4 Å². The third kappa shape index (κ3) is 5.83. The first-order valence-corrected chi connectivity index (χ1v) is 8.36. The van der Waals surface area contributed by atoms with Gasteiger partial charge in [-0.05, 0) is 61.3 Å². The molecule has 5 heteroatoms. The van der Waals surface area contributed by atoms with E-state index in [1.165, 1.54) is 0 Å². The second-order valence-corrected chi connectivity index (χ2v) is 7.20. The quantitative estimate of drug-likeness (QED) is 0.527. The Morgan fingerprint density at radius 1 is 1.35 bits per heavy atom. The van der Waals surface area contributed by atoms with E-state index in [9.17, 15) is 4.79 Å². The summed E-state index contributed by atoms with van der Waals surface area (Å²) in [5, 5.41) is 0.667. The Hall–Kier alpha value is -0.550. The van der Waals surface area contributed by atoms with Crippen molar-refractivity contribution in [2.75, 3.05) is 5.33 Å². The Kier molecular flexibility index (Phi) is 6.52. The molecule has 0 bridgehead atoms. The van der Waals surface area contributed by atoms with Gasteiger partial charge in [-0.15, -0.1) is 0 Å². The van der Waals surface area contributed by atoms with Gasteiger partial charge in [0.05, 0.1) is 4.47 Å². The lowest BCUT2D eigenvalue weighted by Gasteiger charge is -2.24. The van der Waals surface area contributed by atoms with Gasteiger partial charge in [-0.3, -0.25) is 0 Å². The number of benzene rings is 1. The third-order valence-electron chi connectivity index (χ3n) is 2.40. The van der Waals surface area contributed by atoms with Crippen LogP contribution in [-0.4, -0.2) is 23.0 Å². The van der Waals surface area contributed by atoms with E-state index in [0.717, 1.165) is 10.0 Å². The fourth-order valence-corrected chi connectivity index (χ4v) is 2.30. The Balaban J connectivity index is 2.86. The van der Waals surface area contributed by atoms with Crippen LogP contribution in [0.5, 0.6) is 5.75 Å². The topological polar surface area (TPSA) is 35.5 Å². The molecule has 3 nitrogen and oxygen atoms in total. The smallest absolute Gasteiger partial charge is 0.347 e. The van der Waals surface area contributed by atoms with Crippen LogP contribution in [0, 0.1) is 6.92 Å². The summed E-state index contributed by atoms with van der Waals surface area (Å²) in [6.07, 6.45) is -0.0679. The van der Waals surface area contributed by atoms with Crippen molar-refractivity contribution in [1.82, 2.24) is 0 Å². The number of ether oxygens (including phenoxy) is 2. The van der Waals surface area contributed by atoms with E-state index in [-0.39, 0.29) is 5.97 Å². The molecule has 1 aromatic rings. The molecule has 0 aliphatic heterocycles. The molecular weight excluding hydrogens is 388 g/mol. The third-order valence-corrected chi connectivity index (χ3v) is 3.51. The molecule has 0 saturated carbocycles. The van der Waals surface area contributed by atoms with E-state index in [0.29, 0.717) is 17.5 Å². The molecule has 1 aromatic carbocycles. The molecule has 0 spiro atoms. The number of hydrogen-bond donors (Lipinski definition) is 0. The van der Waals surface area contributed by atoms with E-state index in [4.69, 9.17) is 9.47 Å². The molecule has 1 atom stereocenters.